The molecule has 92 valence electrons. The van der Waals surface area contributed by atoms with Gasteiger partial charge in [0.15, 0.2) is 11.0 Å². The van der Waals surface area contributed by atoms with E-state index in [0.29, 0.717) is 12.8 Å². The summed E-state index contributed by atoms with van der Waals surface area (Å²) < 4.78 is 4.97. The summed E-state index contributed by atoms with van der Waals surface area (Å²) in [5.74, 6) is -1.23. The van der Waals surface area contributed by atoms with E-state index in [1.807, 2.05) is 0 Å². The quantitative estimate of drug-likeness (QED) is 0.865. The number of amides is 1. The Hall–Kier alpha value is -1.49. The molecule has 0 atom stereocenters. The molecule has 0 unspecified atom stereocenters. The number of carbonyl (C=O) groups excluding carboxylic acids is 1. The molecule has 1 saturated carbocycles. The summed E-state index contributed by atoms with van der Waals surface area (Å²) in [4.78, 5) is 22.5. The maximum absolute atomic E-state index is 11.8. The van der Waals surface area contributed by atoms with E-state index < -0.39 is 17.4 Å². The molecule has 1 fully saturated rings. The number of aliphatic carboxylic acids is 1. The number of hydrogen-bond acceptors (Lipinski definition) is 3. The van der Waals surface area contributed by atoms with E-state index in [0.717, 1.165) is 6.42 Å². The van der Waals surface area contributed by atoms with Gasteiger partial charge >= 0.3 is 5.97 Å². The normalized spacial score (nSPS) is 17.2. The average Bonchev–Trinajstić information content (AvgIpc) is 2.60. The first-order valence-corrected chi connectivity index (χ1v) is 5.68. The fraction of sp³-hybridized carbons (Fsp3) is 0.455. The van der Waals surface area contributed by atoms with Crippen LogP contribution in [0.15, 0.2) is 16.5 Å². The smallest absolute Gasteiger partial charge is 0.305 e. The second kappa shape index (κ2) is 4.41. The van der Waals surface area contributed by atoms with Crippen LogP contribution < -0.4 is 5.32 Å². The van der Waals surface area contributed by atoms with Crippen molar-refractivity contribution in [1.82, 2.24) is 5.32 Å². The Morgan fingerprint density at radius 2 is 2.18 bits per heavy atom. The maximum Gasteiger partial charge on any atom is 0.305 e. The van der Waals surface area contributed by atoms with Gasteiger partial charge in [0.05, 0.1) is 12.0 Å². The minimum Gasteiger partial charge on any atom is -0.481 e. The Kier molecular flexibility index (Phi) is 3.11. The zero-order valence-electron chi connectivity index (χ0n) is 9.03. The van der Waals surface area contributed by atoms with Crippen LogP contribution in [0.2, 0.25) is 5.22 Å². The summed E-state index contributed by atoms with van der Waals surface area (Å²) in [6.45, 7) is 0. The van der Waals surface area contributed by atoms with Gasteiger partial charge in [-0.05, 0) is 43.0 Å². The van der Waals surface area contributed by atoms with Crippen LogP contribution in [0, 0.1) is 0 Å². The number of carboxylic acid groups (broad SMARTS) is 1. The lowest BCUT2D eigenvalue weighted by Crippen LogP contribution is -2.54. The summed E-state index contributed by atoms with van der Waals surface area (Å²) >= 11 is 5.57. The van der Waals surface area contributed by atoms with Gasteiger partial charge in [-0.3, -0.25) is 9.59 Å². The third-order valence-electron chi connectivity index (χ3n) is 2.98. The number of hydrogen-bond donors (Lipinski definition) is 2. The molecule has 0 bridgehead atoms. The number of carboxylic acids is 1. The summed E-state index contributed by atoms with van der Waals surface area (Å²) in [6.07, 6.45) is 2.22. The molecule has 5 nitrogen and oxygen atoms in total. The van der Waals surface area contributed by atoms with Crippen molar-refractivity contribution >= 4 is 23.5 Å². The van der Waals surface area contributed by atoms with Crippen LogP contribution >= 0.6 is 11.6 Å². The second-order valence-electron chi connectivity index (χ2n) is 4.26. The summed E-state index contributed by atoms with van der Waals surface area (Å²) in [5, 5.41) is 11.7. The number of nitrogens with one attached hydrogen (secondary N) is 1. The molecule has 1 aromatic heterocycles. The molecule has 0 saturated heterocycles. The Balaban J connectivity index is 2.04. The Bertz CT molecular complexity index is 450. The molecule has 0 aromatic carbocycles. The van der Waals surface area contributed by atoms with E-state index in [-0.39, 0.29) is 17.4 Å². The topological polar surface area (TPSA) is 79.5 Å². The Morgan fingerprint density at radius 3 is 2.59 bits per heavy atom. The van der Waals surface area contributed by atoms with Gasteiger partial charge in [0.2, 0.25) is 0 Å². The van der Waals surface area contributed by atoms with Crippen molar-refractivity contribution in [2.24, 2.45) is 0 Å². The highest BCUT2D eigenvalue weighted by Gasteiger charge is 2.40. The number of halogens is 1. The summed E-state index contributed by atoms with van der Waals surface area (Å²) in [7, 11) is 0. The highest BCUT2D eigenvalue weighted by atomic mass is 35.5. The second-order valence-corrected chi connectivity index (χ2v) is 4.63. The lowest BCUT2D eigenvalue weighted by molar-refractivity contribution is -0.139. The molecule has 17 heavy (non-hydrogen) atoms. The van der Waals surface area contributed by atoms with Gasteiger partial charge in [-0.2, -0.15) is 0 Å². The molecule has 1 aliphatic rings. The van der Waals surface area contributed by atoms with E-state index in [9.17, 15) is 9.59 Å². The molecule has 2 N–H and O–H groups in total. The lowest BCUT2D eigenvalue weighted by Gasteiger charge is -2.41. The van der Waals surface area contributed by atoms with Crippen LogP contribution in [0.1, 0.15) is 36.2 Å². The Labute approximate surface area is 103 Å². The lowest BCUT2D eigenvalue weighted by atomic mass is 9.74. The van der Waals surface area contributed by atoms with Crippen molar-refractivity contribution in [3.05, 3.63) is 23.1 Å². The number of carbonyl (C=O) groups is 2. The molecule has 0 aliphatic heterocycles. The largest absolute Gasteiger partial charge is 0.481 e. The zero-order chi connectivity index (χ0) is 12.5. The highest BCUT2D eigenvalue weighted by Crippen LogP contribution is 2.35. The van der Waals surface area contributed by atoms with Crippen molar-refractivity contribution in [2.75, 3.05) is 0 Å². The summed E-state index contributed by atoms with van der Waals surface area (Å²) in [6, 6.07) is 2.94. The molecule has 0 radical (unpaired) electrons. The first-order chi connectivity index (χ1) is 8.01. The van der Waals surface area contributed by atoms with Crippen molar-refractivity contribution in [3.8, 4) is 0 Å². The molecule has 1 aliphatic carbocycles. The van der Waals surface area contributed by atoms with Crippen LogP contribution in [0.4, 0.5) is 0 Å². The van der Waals surface area contributed by atoms with Crippen molar-refractivity contribution in [3.63, 3.8) is 0 Å². The third kappa shape index (κ3) is 2.61. The minimum atomic E-state index is -0.914. The molecule has 2 rings (SSSR count). The SMILES string of the molecule is O=C(O)CC1(NC(=O)c2ccc(Cl)o2)CCC1. The summed E-state index contributed by atoms with van der Waals surface area (Å²) in [5.41, 5.74) is -0.623. The predicted molar refractivity (Wildman–Crippen MR) is 60.0 cm³/mol. The fourth-order valence-electron chi connectivity index (χ4n) is 1.98. The van der Waals surface area contributed by atoms with Gasteiger partial charge in [0.1, 0.15) is 0 Å². The molecule has 1 heterocycles. The monoisotopic (exact) mass is 257 g/mol. The highest BCUT2D eigenvalue weighted by molar-refractivity contribution is 6.29. The van der Waals surface area contributed by atoms with Crippen LogP contribution in [0.5, 0.6) is 0 Å². The van der Waals surface area contributed by atoms with E-state index in [1.54, 1.807) is 0 Å². The van der Waals surface area contributed by atoms with Gasteiger partial charge in [0, 0.05) is 0 Å². The van der Waals surface area contributed by atoms with E-state index >= 15 is 0 Å². The number of furan rings is 1. The van der Waals surface area contributed by atoms with Crippen LogP contribution in [0.3, 0.4) is 0 Å². The third-order valence-corrected chi connectivity index (χ3v) is 3.18. The van der Waals surface area contributed by atoms with E-state index in [2.05, 4.69) is 5.32 Å². The maximum atomic E-state index is 11.8. The fourth-order valence-corrected chi connectivity index (χ4v) is 2.12. The van der Waals surface area contributed by atoms with E-state index in [4.69, 9.17) is 21.1 Å². The van der Waals surface area contributed by atoms with Crippen LogP contribution in [0.25, 0.3) is 0 Å². The van der Waals surface area contributed by atoms with Crippen molar-refractivity contribution in [1.29, 1.82) is 0 Å². The van der Waals surface area contributed by atoms with Crippen LogP contribution in [-0.4, -0.2) is 22.5 Å². The van der Waals surface area contributed by atoms with Gasteiger partial charge in [0.25, 0.3) is 5.91 Å². The van der Waals surface area contributed by atoms with Crippen molar-refractivity contribution in [2.45, 2.75) is 31.2 Å². The molecule has 6 heteroatoms. The number of rotatable bonds is 4. The molecule has 1 amide bonds. The van der Waals surface area contributed by atoms with Gasteiger partial charge < -0.3 is 14.8 Å². The molecule has 0 spiro atoms. The Morgan fingerprint density at radius 1 is 1.47 bits per heavy atom. The standard InChI is InChI=1S/C11H12ClNO4/c12-8-3-2-7(17-8)10(16)13-11(4-1-5-11)6-9(14)15/h2-3H,1,4-6H2,(H,13,16)(H,14,15). The van der Waals surface area contributed by atoms with Gasteiger partial charge in [-0.15, -0.1) is 0 Å². The predicted octanol–water partition coefficient (Wildman–Crippen LogP) is 2.06. The van der Waals surface area contributed by atoms with Crippen LogP contribution in [-0.2, 0) is 4.79 Å². The van der Waals surface area contributed by atoms with Gasteiger partial charge in [-0.1, -0.05) is 0 Å². The molecular weight excluding hydrogens is 246 g/mol. The molecular formula is C11H12ClNO4. The van der Waals surface area contributed by atoms with E-state index in [1.165, 1.54) is 12.1 Å². The first kappa shape index (κ1) is 12.0. The average molecular weight is 258 g/mol. The minimum absolute atomic E-state index is 0.0623. The molecule has 1 aromatic rings. The van der Waals surface area contributed by atoms with Gasteiger partial charge in [-0.25, -0.2) is 0 Å². The zero-order valence-corrected chi connectivity index (χ0v) is 9.79. The first-order valence-electron chi connectivity index (χ1n) is 5.30. The van der Waals surface area contributed by atoms with Crippen molar-refractivity contribution < 1.29 is 19.1 Å².